The molecule has 0 heterocycles. The maximum absolute atomic E-state index is 6.11. The Bertz CT molecular complexity index is 423. The van der Waals surface area contributed by atoms with Crippen molar-refractivity contribution in [3.63, 3.8) is 0 Å². The summed E-state index contributed by atoms with van der Waals surface area (Å²) in [5.74, 6) is 1.04. The Morgan fingerprint density at radius 2 is 1.95 bits per heavy atom. The van der Waals surface area contributed by atoms with Gasteiger partial charge in [0.15, 0.2) is 0 Å². The summed E-state index contributed by atoms with van der Waals surface area (Å²) in [5.41, 5.74) is 8.81. The van der Waals surface area contributed by atoms with Gasteiger partial charge in [-0.15, -0.1) is 0 Å². The minimum atomic E-state index is 0.133. The lowest BCUT2D eigenvalue weighted by atomic mass is 9.77. The predicted octanol–water partition coefficient (Wildman–Crippen LogP) is 2.53. The van der Waals surface area contributed by atoms with Gasteiger partial charge in [-0.1, -0.05) is 31.0 Å². The van der Waals surface area contributed by atoms with Crippen LogP contribution in [0.1, 0.15) is 36.8 Å². The van der Waals surface area contributed by atoms with Crippen LogP contribution in [0.3, 0.4) is 0 Å². The van der Waals surface area contributed by atoms with Crippen molar-refractivity contribution in [1.29, 1.82) is 0 Å². The molecule has 2 rings (SSSR count). The molecule has 3 heteroatoms. The summed E-state index contributed by atoms with van der Waals surface area (Å²) in [5, 5.41) is 0. The van der Waals surface area contributed by atoms with E-state index in [0.29, 0.717) is 0 Å². The summed E-state index contributed by atoms with van der Waals surface area (Å²) >= 11 is 0. The van der Waals surface area contributed by atoms with Crippen molar-refractivity contribution in [2.45, 2.75) is 37.6 Å². The van der Waals surface area contributed by atoms with Crippen molar-refractivity contribution in [3.05, 3.63) is 29.3 Å². The van der Waals surface area contributed by atoms with Crippen molar-refractivity contribution in [1.82, 2.24) is 4.90 Å². The molecule has 1 aliphatic carbocycles. The minimum absolute atomic E-state index is 0.133. The van der Waals surface area contributed by atoms with Gasteiger partial charge in [0.1, 0.15) is 5.75 Å². The SMILES string of the molecule is COc1c(CN(C)C)cccc1C1(CN)CCCC1. The van der Waals surface area contributed by atoms with Gasteiger partial charge in [-0.3, -0.25) is 0 Å². The van der Waals surface area contributed by atoms with Crippen LogP contribution in [0.2, 0.25) is 0 Å². The fourth-order valence-corrected chi connectivity index (χ4v) is 3.34. The van der Waals surface area contributed by atoms with E-state index in [1.165, 1.54) is 36.8 Å². The third-order valence-corrected chi connectivity index (χ3v) is 4.31. The molecule has 3 nitrogen and oxygen atoms in total. The zero-order valence-corrected chi connectivity index (χ0v) is 12.4. The maximum atomic E-state index is 6.11. The highest BCUT2D eigenvalue weighted by atomic mass is 16.5. The molecule has 0 radical (unpaired) electrons. The van der Waals surface area contributed by atoms with E-state index in [0.717, 1.165) is 18.8 Å². The van der Waals surface area contributed by atoms with E-state index in [4.69, 9.17) is 10.5 Å². The average molecular weight is 262 g/mol. The minimum Gasteiger partial charge on any atom is -0.496 e. The highest BCUT2D eigenvalue weighted by Crippen LogP contribution is 2.45. The van der Waals surface area contributed by atoms with Crippen LogP contribution in [0.15, 0.2) is 18.2 Å². The van der Waals surface area contributed by atoms with Crippen molar-refractivity contribution in [3.8, 4) is 5.75 Å². The Labute approximate surface area is 116 Å². The van der Waals surface area contributed by atoms with Gasteiger partial charge >= 0.3 is 0 Å². The topological polar surface area (TPSA) is 38.5 Å². The van der Waals surface area contributed by atoms with E-state index in [9.17, 15) is 0 Å². The van der Waals surface area contributed by atoms with Crippen LogP contribution in [-0.2, 0) is 12.0 Å². The molecule has 1 aliphatic rings. The molecule has 0 atom stereocenters. The Morgan fingerprint density at radius 3 is 2.47 bits per heavy atom. The molecule has 0 unspecified atom stereocenters. The summed E-state index contributed by atoms with van der Waals surface area (Å²) < 4.78 is 5.73. The first-order valence-corrected chi connectivity index (χ1v) is 7.14. The number of hydrogen-bond donors (Lipinski definition) is 1. The highest BCUT2D eigenvalue weighted by molar-refractivity contribution is 5.46. The third-order valence-electron chi connectivity index (χ3n) is 4.31. The fourth-order valence-electron chi connectivity index (χ4n) is 3.34. The van der Waals surface area contributed by atoms with Gasteiger partial charge < -0.3 is 15.4 Å². The number of nitrogens with two attached hydrogens (primary N) is 1. The van der Waals surface area contributed by atoms with E-state index in [1.807, 2.05) is 0 Å². The quantitative estimate of drug-likeness (QED) is 0.886. The average Bonchev–Trinajstić information content (AvgIpc) is 2.87. The molecule has 1 aromatic rings. The molecule has 2 N–H and O–H groups in total. The molecular formula is C16H26N2O. The van der Waals surface area contributed by atoms with Crippen LogP contribution in [0.5, 0.6) is 5.75 Å². The predicted molar refractivity (Wildman–Crippen MR) is 79.6 cm³/mol. The van der Waals surface area contributed by atoms with Gasteiger partial charge in [0.2, 0.25) is 0 Å². The first-order valence-electron chi connectivity index (χ1n) is 7.14. The second-order valence-corrected chi connectivity index (χ2v) is 5.93. The van der Waals surface area contributed by atoms with Gasteiger partial charge in [-0.2, -0.15) is 0 Å². The maximum Gasteiger partial charge on any atom is 0.127 e. The number of ether oxygens (including phenoxy) is 1. The number of rotatable bonds is 5. The highest BCUT2D eigenvalue weighted by Gasteiger charge is 2.37. The molecule has 106 valence electrons. The zero-order chi connectivity index (χ0) is 13.9. The van der Waals surface area contributed by atoms with Crippen LogP contribution in [0.25, 0.3) is 0 Å². The molecule has 0 spiro atoms. The second kappa shape index (κ2) is 5.93. The Hall–Kier alpha value is -1.06. The van der Waals surface area contributed by atoms with Gasteiger partial charge in [-0.05, 0) is 26.9 Å². The Kier molecular flexibility index (Phi) is 4.48. The molecule has 1 saturated carbocycles. The first-order chi connectivity index (χ1) is 9.13. The molecule has 0 amide bonds. The van der Waals surface area contributed by atoms with Gasteiger partial charge in [0.05, 0.1) is 7.11 Å². The summed E-state index contributed by atoms with van der Waals surface area (Å²) in [6, 6.07) is 6.50. The summed E-state index contributed by atoms with van der Waals surface area (Å²) in [6.45, 7) is 1.62. The Balaban J connectivity index is 2.44. The van der Waals surface area contributed by atoms with Crippen LogP contribution in [-0.4, -0.2) is 32.6 Å². The standard InChI is InChI=1S/C16H26N2O/c1-18(2)11-13-7-6-8-14(15(13)19-3)16(12-17)9-4-5-10-16/h6-8H,4-5,9-12,17H2,1-3H3. The monoisotopic (exact) mass is 262 g/mol. The summed E-state index contributed by atoms with van der Waals surface area (Å²) in [6.07, 6.45) is 4.92. The fraction of sp³-hybridized carbons (Fsp3) is 0.625. The number of para-hydroxylation sites is 1. The molecule has 0 aliphatic heterocycles. The lowest BCUT2D eigenvalue weighted by molar-refractivity contribution is 0.353. The van der Waals surface area contributed by atoms with Gasteiger partial charge in [0, 0.05) is 29.6 Å². The van der Waals surface area contributed by atoms with Crippen molar-refractivity contribution >= 4 is 0 Å². The molecule has 0 bridgehead atoms. The van der Waals surface area contributed by atoms with Crippen LogP contribution in [0, 0.1) is 0 Å². The normalized spacial score (nSPS) is 17.9. The van der Waals surface area contributed by atoms with Crippen molar-refractivity contribution in [2.24, 2.45) is 5.73 Å². The third kappa shape index (κ3) is 2.77. The lowest BCUT2D eigenvalue weighted by Gasteiger charge is -2.30. The van der Waals surface area contributed by atoms with E-state index in [-0.39, 0.29) is 5.41 Å². The lowest BCUT2D eigenvalue weighted by Crippen LogP contribution is -2.32. The molecule has 19 heavy (non-hydrogen) atoms. The van der Waals surface area contributed by atoms with E-state index < -0.39 is 0 Å². The molecular weight excluding hydrogens is 236 g/mol. The first kappa shape index (κ1) is 14.4. The van der Waals surface area contributed by atoms with Crippen molar-refractivity contribution < 1.29 is 4.74 Å². The second-order valence-electron chi connectivity index (χ2n) is 5.93. The molecule has 0 saturated heterocycles. The molecule has 0 aromatic heterocycles. The van der Waals surface area contributed by atoms with Crippen LogP contribution in [0.4, 0.5) is 0 Å². The Morgan fingerprint density at radius 1 is 1.26 bits per heavy atom. The number of benzene rings is 1. The zero-order valence-electron chi connectivity index (χ0n) is 12.4. The van der Waals surface area contributed by atoms with Crippen LogP contribution >= 0.6 is 0 Å². The summed E-state index contributed by atoms with van der Waals surface area (Å²) in [4.78, 5) is 2.17. The van der Waals surface area contributed by atoms with E-state index >= 15 is 0 Å². The molecule has 1 aromatic carbocycles. The van der Waals surface area contributed by atoms with Gasteiger partial charge in [-0.25, -0.2) is 0 Å². The smallest absolute Gasteiger partial charge is 0.127 e. The number of hydrogen-bond acceptors (Lipinski definition) is 3. The summed E-state index contributed by atoms with van der Waals surface area (Å²) in [7, 11) is 5.94. The molecule has 1 fully saturated rings. The van der Waals surface area contributed by atoms with Crippen molar-refractivity contribution in [2.75, 3.05) is 27.7 Å². The number of methoxy groups -OCH3 is 1. The van der Waals surface area contributed by atoms with Crippen LogP contribution < -0.4 is 10.5 Å². The van der Waals surface area contributed by atoms with E-state index in [2.05, 4.69) is 37.2 Å². The largest absolute Gasteiger partial charge is 0.496 e. The van der Waals surface area contributed by atoms with E-state index in [1.54, 1.807) is 7.11 Å². The number of nitrogens with zero attached hydrogens (tertiary/aromatic N) is 1. The van der Waals surface area contributed by atoms with Gasteiger partial charge in [0.25, 0.3) is 0 Å².